The van der Waals surface area contributed by atoms with E-state index in [2.05, 4.69) is 358 Å². The Bertz CT molecular complexity index is 4610. The van der Waals surface area contributed by atoms with Crippen molar-refractivity contribution in [3.8, 4) is 50.2 Å². The Hall–Kier alpha value is -10.7. The molecule has 13 aromatic carbocycles. The first-order valence-corrected chi connectivity index (χ1v) is 30.8. The van der Waals surface area contributed by atoms with E-state index in [0.717, 1.165) is 39.5 Å². The lowest BCUT2D eigenvalue weighted by atomic mass is 9.33. The van der Waals surface area contributed by atoms with E-state index in [1.807, 2.05) is 0 Å². The number of fused-ring (bicyclic) bond motifs is 7. The third-order valence-corrected chi connectivity index (χ3v) is 19.2. The summed E-state index contributed by atoms with van der Waals surface area (Å²) in [5.41, 5.74) is 28.0. The van der Waals surface area contributed by atoms with Gasteiger partial charge in [0, 0.05) is 55.7 Å². The van der Waals surface area contributed by atoms with Crippen LogP contribution in [-0.4, -0.2) is 11.3 Å². The lowest BCUT2D eigenvalue weighted by Crippen LogP contribution is -2.61. The highest BCUT2D eigenvalue weighted by Gasteiger charge is 2.45. The van der Waals surface area contributed by atoms with E-state index >= 15 is 0 Å². The molecule has 0 N–H and O–H groups in total. The summed E-state index contributed by atoms with van der Waals surface area (Å²) in [5, 5.41) is 2.41. The van der Waals surface area contributed by atoms with E-state index in [4.69, 9.17) is 0 Å². The molecule has 1 aromatic heterocycles. The predicted octanol–water partition coefficient (Wildman–Crippen LogP) is 20.2. The van der Waals surface area contributed by atoms with Crippen LogP contribution in [0.15, 0.2) is 315 Å². The molecule has 16 rings (SSSR count). The molecule has 0 saturated carbocycles. The smallest absolute Gasteiger partial charge is 0.252 e. The summed E-state index contributed by atoms with van der Waals surface area (Å²) >= 11 is 0. The van der Waals surface area contributed by atoms with E-state index < -0.39 is 0 Å². The van der Waals surface area contributed by atoms with Crippen LogP contribution in [0.2, 0.25) is 0 Å². The molecular formula is C84H64BN3. The van der Waals surface area contributed by atoms with Gasteiger partial charge in [-0.05, 0) is 156 Å². The van der Waals surface area contributed by atoms with Crippen LogP contribution < -0.4 is 26.2 Å². The van der Waals surface area contributed by atoms with Crippen molar-refractivity contribution in [2.24, 2.45) is 0 Å². The second kappa shape index (κ2) is 21.1. The fourth-order valence-electron chi connectivity index (χ4n) is 14.3. The molecule has 14 aromatic rings. The largest absolute Gasteiger partial charge is 0.311 e. The average Bonchev–Trinajstić information content (AvgIpc) is 0.967. The SMILES string of the molecule is CC(C)(c1ccccc1)c1ccc2c(c1)N(c1ccc(-c3ccccc3)cc1)c1cc(-n3c4ccc(-c5ccccc5)cc4c4cc(-c5ccccc5)ccc43)cc3c1B2c1ccc(C(C)(C)c2ccccc2)cc1N3c1ccc(-c2ccccc2)cc1. The van der Waals surface area contributed by atoms with E-state index in [-0.39, 0.29) is 17.5 Å². The summed E-state index contributed by atoms with van der Waals surface area (Å²) in [4.78, 5) is 5.19. The quantitative estimate of drug-likeness (QED) is 0.120. The molecule has 2 aliphatic heterocycles. The van der Waals surface area contributed by atoms with Gasteiger partial charge >= 0.3 is 0 Å². The van der Waals surface area contributed by atoms with Crippen LogP contribution in [0.3, 0.4) is 0 Å². The van der Waals surface area contributed by atoms with Crippen LogP contribution in [-0.2, 0) is 10.8 Å². The third-order valence-electron chi connectivity index (χ3n) is 19.2. The maximum Gasteiger partial charge on any atom is 0.252 e. The zero-order valence-corrected chi connectivity index (χ0v) is 49.9. The van der Waals surface area contributed by atoms with Gasteiger partial charge in [0.05, 0.1) is 16.7 Å². The van der Waals surface area contributed by atoms with Gasteiger partial charge in [-0.3, -0.25) is 0 Å². The summed E-state index contributed by atoms with van der Waals surface area (Å²) in [6.45, 7) is 9.37. The molecule has 0 amide bonds. The first kappa shape index (κ1) is 52.8. The highest BCUT2D eigenvalue weighted by atomic mass is 15.2. The maximum atomic E-state index is 2.59. The molecule has 418 valence electrons. The molecule has 0 radical (unpaired) electrons. The van der Waals surface area contributed by atoms with Crippen molar-refractivity contribution in [2.75, 3.05) is 9.80 Å². The topological polar surface area (TPSA) is 11.4 Å². The molecule has 0 aliphatic carbocycles. The van der Waals surface area contributed by atoms with Crippen LogP contribution in [0.5, 0.6) is 0 Å². The van der Waals surface area contributed by atoms with Crippen LogP contribution in [0.4, 0.5) is 34.1 Å². The van der Waals surface area contributed by atoms with Crippen LogP contribution in [0.1, 0.15) is 49.9 Å². The van der Waals surface area contributed by atoms with Gasteiger partial charge in [0.25, 0.3) is 6.71 Å². The Kier molecular flexibility index (Phi) is 12.7. The third kappa shape index (κ3) is 8.81. The Balaban J connectivity index is 1.02. The maximum absolute atomic E-state index is 2.59. The Morgan fingerprint density at radius 2 is 0.568 bits per heavy atom. The Labute approximate surface area is 516 Å². The van der Waals surface area contributed by atoms with Crippen molar-refractivity contribution in [3.63, 3.8) is 0 Å². The van der Waals surface area contributed by atoms with Gasteiger partial charge in [-0.25, -0.2) is 0 Å². The Morgan fingerprint density at radius 1 is 0.250 bits per heavy atom. The van der Waals surface area contributed by atoms with Crippen molar-refractivity contribution >= 4 is 79.0 Å². The molecule has 0 fully saturated rings. The lowest BCUT2D eigenvalue weighted by Gasteiger charge is -2.45. The summed E-state index contributed by atoms with van der Waals surface area (Å²) in [6, 6.07) is 118. The molecule has 0 saturated heterocycles. The molecule has 4 heteroatoms. The molecule has 2 aliphatic rings. The van der Waals surface area contributed by atoms with Gasteiger partial charge in [0.1, 0.15) is 0 Å². The van der Waals surface area contributed by atoms with Crippen LogP contribution in [0.25, 0.3) is 72.0 Å². The Morgan fingerprint density at radius 3 is 0.932 bits per heavy atom. The molecule has 88 heavy (non-hydrogen) atoms. The van der Waals surface area contributed by atoms with E-state index in [9.17, 15) is 0 Å². The molecule has 0 atom stereocenters. The van der Waals surface area contributed by atoms with Crippen molar-refractivity contribution in [1.29, 1.82) is 0 Å². The van der Waals surface area contributed by atoms with E-state index in [1.54, 1.807) is 0 Å². The molecular weight excluding hydrogens is 1060 g/mol. The predicted molar refractivity (Wildman–Crippen MR) is 374 cm³/mol. The van der Waals surface area contributed by atoms with Crippen molar-refractivity contribution < 1.29 is 0 Å². The summed E-state index contributed by atoms with van der Waals surface area (Å²) in [7, 11) is 0. The second-order valence-corrected chi connectivity index (χ2v) is 24.9. The molecule has 0 spiro atoms. The zero-order chi connectivity index (χ0) is 59.1. The number of nitrogens with zero attached hydrogens (tertiary/aromatic N) is 3. The molecule has 3 heterocycles. The molecule has 3 nitrogen and oxygen atoms in total. The number of benzene rings is 13. The molecule has 0 bridgehead atoms. The fourth-order valence-corrected chi connectivity index (χ4v) is 14.3. The number of anilines is 6. The van der Waals surface area contributed by atoms with Gasteiger partial charge in [0.2, 0.25) is 0 Å². The zero-order valence-electron chi connectivity index (χ0n) is 49.9. The minimum atomic E-state index is -0.308. The monoisotopic (exact) mass is 1130 g/mol. The summed E-state index contributed by atoms with van der Waals surface area (Å²) in [6.07, 6.45) is 0. The van der Waals surface area contributed by atoms with Crippen LogP contribution in [0, 0.1) is 0 Å². The van der Waals surface area contributed by atoms with Gasteiger partial charge in [0.15, 0.2) is 0 Å². The van der Waals surface area contributed by atoms with Crippen molar-refractivity contribution in [1.82, 2.24) is 4.57 Å². The number of hydrogen-bond acceptors (Lipinski definition) is 2. The first-order chi connectivity index (χ1) is 43.2. The second-order valence-electron chi connectivity index (χ2n) is 24.9. The minimum absolute atomic E-state index is 0.119. The first-order valence-electron chi connectivity index (χ1n) is 30.8. The lowest BCUT2D eigenvalue weighted by molar-refractivity contribution is 0.641. The van der Waals surface area contributed by atoms with Gasteiger partial charge in [-0.15, -0.1) is 0 Å². The fraction of sp³-hybridized carbons (Fsp3) is 0.0714. The van der Waals surface area contributed by atoms with Gasteiger partial charge in [-0.2, -0.15) is 0 Å². The van der Waals surface area contributed by atoms with E-state index in [1.165, 1.54) is 105 Å². The van der Waals surface area contributed by atoms with Gasteiger partial charge in [-0.1, -0.05) is 270 Å². The summed E-state index contributed by atoms with van der Waals surface area (Å²) < 4.78 is 2.54. The van der Waals surface area contributed by atoms with Crippen LogP contribution >= 0.6 is 0 Å². The number of hydrogen-bond donors (Lipinski definition) is 0. The highest BCUT2D eigenvalue weighted by molar-refractivity contribution is 7.00. The standard InChI is InChI=1S/C84H64BN3/c1-83(2,65-31-19-9-20-32-65)67-41-47-74-78(53-67)86(69-43-35-61(36-44-69)57-23-11-5-12-24-57)80-55-71(88-76-49-39-63(59-27-15-7-16-28-59)51-72(76)73-52-64(40-50-77(73)88)60-29-17-8-18-30-60)56-81-82(80)85(74)75-48-42-68(84(3,4)66-33-21-10-22-34-66)54-79(75)87(81)70-45-37-62(38-46-70)58-25-13-6-14-26-58/h5-56H,1-4H3. The molecule has 0 unspecified atom stereocenters. The highest BCUT2D eigenvalue weighted by Crippen LogP contribution is 2.49. The average molecular weight is 1130 g/mol. The number of rotatable bonds is 11. The van der Waals surface area contributed by atoms with Crippen molar-refractivity contribution in [2.45, 2.75) is 38.5 Å². The van der Waals surface area contributed by atoms with E-state index in [0.29, 0.717) is 0 Å². The van der Waals surface area contributed by atoms with Gasteiger partial charge < -0.3 is 14.4 Å². The normalized spacial score (nSPS) is 12.7. The summed E-state index contributed by atoms with van der Waals surface area (Å²) in [5.74, 6) is 0. The van der Waals surface area contributed by atoms with Crippen molar-refractivity contribution in [3.05, 3.63) is 338 Å². The number of aromatic nitrogens is 1. The minimum Gasteiger partial charge on any atom is -0.311 e.